The second kappa shape index (κ2) is 7.03. The molecule has 0 spiro atoms. The van der Waals surface area contributed by atoms with Gasteiger partial charge in [-0.05, 0) is 23.3 Å². The fourth-order valence-electron chi connectivity index (χ4n) is 3.15. The molecule has 0 bridgehead atoms. The lowest BCUT2D eigenvalue weighted by molar-refractivity contribution is 0.184. The molecule has 24 heavy (non-hydrogen) atoms. The Morgan fingerprint density at radius 3 is 2.58 bits per heavy atom. The number of nitrogens with two attached hydrogens (primary N) is 1. The average molecular weight is 346 g/mol. The van der Waals surface area contributed by atoms with Crippen molar-refractivity contribution in [1.29, 1.82) is 0 Å². The normalized spacial score (nSPS) is 21.9. The van der Waals surface area contributed by atoms with Crippen LogP contribution < -0.4 is 5.73 Å². The molecular formula is C18H22N2O3S. The predicted molar refractivity (Wildman–Crippen MR) is 93.1 cm³/mol. The van der Waals surface area contributed by atoms with E-state index in [-0.39, 0.29) is 16.9 Å². The summed E-state index contributed by atoms with van der Waals surface area (Å²) in [7, 11) is -1.97. The fraction of sp³-hybridized carbons (Fsp3) is 0.333. The average Bonchev–Trinajstić information content (AvgIpc) is 2.99. The summed E-state index contributed by atoms with van der Waals surface area (Å²) in [5.41, 5.74) is 8.14. The number of sulfonamides is 1. The first-order valence-corrected chi connectivity index (χ1v) is 9.35. The van der Waals surface area contributed by atoms with Gasteiger partial charge in [0.2, 0.25) is 10.0 Å². The van der Waals surface area contributed by atoms with Crippen molar-refractivity contribution in [2.45, 2.75) is 23.5 Å². The molecule has 2 aromatic carbocycles. The van der Waals surface area contributed by atoms with Gasteiger partial charge in [0.05, 0.1) is 11.5 Å². The van der Waals surface area contributed by atoms with Crippen LogP contribution in [0.25, 0.3) is 0 Å². The van der Waals surface area contributed by atoms with Gasteiger partial charge in [-0.15, -0.1) is 0 Å². The molecule has 1 saturated heterocycles. The highest BCUT2D eigenvalue weighted by Gasteiger charge is 2.38. The molecule has 5 nitrogen and oxygen atoms in total. The Morgan fingerprint density at radius 2 is 1.88 bits per heavy atom. The zero-order valence-electron chi connectivity index (χ0n) is 13.6. The Hall–Kier alpha value is -1.73. The van der Waals surface area contributed by atoms with Crippen LogP contribution in [0.5, 0.6) is 0 Å². The lowest BCUT2D eigenvalue weighted by Crippen LogP contribution is -2.32. The van der Waals surface area contributed by atoms with Crippen molar-refractivity contribution < 1.29 is 13.2 Å². The largest absolute Gasteiger partial charge is 0.380 e. The van der Waals surface area contributed by atoms with Crippen LogP contribution in [-0.2, 0) is 21.4 Å². The summed E-state index contributed by atoms with van der Waals surface area (Å²) in [5.74, 6) is 0.0168. The lowest BCUT2D eigenvalue weighted by atomic mass is 9.95. The topological polar surface area (TPSA) is 72.6 Å². The number of methoxy groups -OCH3 is 1. The summed E-state index contributed by atoms with van der Waals surface area (Å²) in [6.45, 7) is 1.12. The molecule has 0 radical (unpaired) electrons. The van der Waals surface area contributed by atoms with Gasteiger partial charge >= 0.3 is 0 Å². The number of hydrogen-bond donors (Lipinski definition) is 1. The third-order valence-corrected chi connectivity index (χ3v) is 6.23. The highest BCUT2D eigenvalue weighted by atomic mass is 32.2. The standard InChI is InChI=1S/C18H22N2O3S/c1-23-13-14-6-5-9-16(10-14)24(21,22)20-11-17(18(19)12-20)15-7-3-2-4-8-15/h2-10,17-18H,11-13,19H2,1H3/t17-,18+/m0/s1. The van der Waals surface area contributed by atoms with Gasteiger partial charge in [-0.3, -0.25) is 0 Å². The number of hydrogen-bond acceptors (Lipinski definition) is 4. The Bertz CT molecular complexity index is 793. The van der Waals surface area contributed by atoms with Crippen LogP contribution in [0, 0.1) is 0 Å². The van der Waals surface area contributed by atoms with Crippen molar-refractivity contribution in [3.63, 3.8) is 0 Å². The van der Waals surface area contributed by atoms with Gasteiger partial charge in [0, 0.05) is 32.2 Å². The minimum atomic E-state index is -3.56. The summed E-state index contributed by atoms with van der Waals surface area (Å²) >= 11 is 0. The minimum Gasteiger partial charge on any atom is -0.380 e. The zero-order chi connectivity index (χ0) is 17.2. The van der Waals surface area contributed by atoms with E-state index in [0.717, 1.165) is 11.1 Å². The smallest absolute Gasteiger partial charge is 0.243 e. The van der Waals surface area contributed by atoms with Gasteiger partial charge in [-0.2, -0.15) is 4.31 Å². The van der Waals surface area contributed by atoms with Gasteiger partial charge in [0.15, 0.2) is 0 Å². The molecule has 128 valence electrons. The first kappa shape index (κ1) is 17.1. The number of benzene rings is 2. The van der Waals surface area contributed by atoms with Gasteiger partial charge in [0.1, 0.15) is 0 Å². The van der Waals surface area contributed by atoms with E-state index in [9.17, 15) is 8.42 Å². The lowest BCUT2D eigenvalue weighted by Gasteiger charge is -2.17. The van der Waals surface area contributed by atoms with E-state index >= 15 is 0 Å². The van der Waals surface area contributed by atoms with Crippen molar-refractivity contribution >= 4 is 10.0 Å². The quantitative estimate of drug-likeness (QED) is 0.898. The van der Waals surface area contributed by atoms with Crippen LogP contribution in [-0.4, -0.2) is 39.0 Å². The van der Waals surface area contributed by atoms with Gasteiger partial charge < -0.3 is 10.5 Å². The second-order valence-corrected chi connectivity index (χ2v) is 8.02. The fourth-order valence-corrected chi connectivity index (χ4v) is 4.73. The molecule has 1 fully saturated rings. The first-order valence-electron chi connectivity index (χ1n) is 7.91. The summed E-state index contributed by atoms with van der Waals surface area (Å²) in [4.78, 5) is 0.290. The van der Waals surface area contributed by atoms with Crippen LogP contribution in [0.1, 0.15) is 17.0 Å². The number of ether oxygens (including phenoxy) is 1. The summed E-state index contributed by atoms with van der Waals surface area (Å²) < 4.78 is 32.5. The van der Waals surface area contributed by atoms with Crippen LogP contribution >= 0.6 is 0 Å². The van der Waals surface area contributed by atoms with Gasteiger partial charge in [0.25, 0.3) is 0 Å². The molecule has 0 aromatic heterocycles. The SMILES string of the molecule is COCc1cccc(S(=O)(=O)N2C[C@@H](N)[C@H](c3ccccc3)C2)c1. The van der Waals surface area contributed by atoms with Crippen molar-refractivity contribution in [2.24, 2.45) is 5.73 Å². The minimum absolute atomic E-state index is 0.0168. The first-order chi connectivity index (χ1) is 11.5. The molecule has 1 heterocycles. The summed E-state index contributed by atoms with van der Waals surface area (Å²) in [5, 5.41) is 0. The number of rotatable bonds is 5. The Morgan fingerprint density at radius 1 is 1.12 bits per heavy atom. The van der Waals surface area contributed by atoms with E-state index in [4.69, 9.17) is 10.5 Å². The Kier molecular flexibility index (Phi) is 5.01. The zero-order valence-corrected chi connectivity index (χ0v) is 14.4. The van der Waals surface area contributed by atoms with E-state index in [1.165, 1.54) is 4.31 Å². The van der Waals surface area contributed by atoms with Crippen LogP contribution in [0.15, 0.2) is 59.5 Å². The van der Waals surface area contributed by atoms with Gasteiger partial charge in [-0.25, -0.2) is 8.42 Å². The van der Waals surface area contributed by atoms with Gasteiger partial charge in [-0.1, -0.05) is 42.5 Å². The van der Waals surface area contributed by atoms with E-state index in [1.807, 2.05) is 36.4 Å². The third-order valence-electron chi connectivity index (χ3n) is 4.41. The Balaban J connectivity index is 1.85. The van der Waals surface area contributed by atoms with E-state index in [0.29, 0.717) is 19.7 Å². The maximum absolute atomic E-state index is 12.9. The monoisotopic (exact) mass is 346 g/mol. The molecular weight excluding hydrogens is 324 g/mol. The Labute approximate surface area is 143 Å². The van der Waals surface area contributed by atoms with E-state index in [1.54, 1.807) is 25.3 Å². The predicted octanol–water partition coefficient (Wildman–Crippen LogP) is 1.95. The summed E-state index contributed by atoms with van der Waals surface area (Å²) in [6, 6.07) is 16.5. The third kappa shape index (κ3) is 3.37. The van der Waals surface area contributed by atoms with Crippen LogP contribution in [0.4, 0.5) is 0 Å². The maximum atomic E-state index is 12.9. The highest BCUT2D eigenvalue weighted by Crippen LogP contribution is 2.30. The molecule has 2 atom stereocenters. The molecule has 2 N–H and O–H groups in total. The molecule has 0 unspecified atom stereocenters. The molecule has 0 aliphatic carbocycles. The second-order valence-electron chi connectivity index (χ2n) is 6.08. The van der Waals surface area contributed by atoms with Crippen LogP contribution in [0.3, 0.4) is 0 Å². The molecule has 6 heteroatoms. The van der Waals surface area contributed by atoms with Crippen molar-refractivity contribution in [2.75, 3.05) is 20.2 Å². The van der Waals surface area contributed by atoms with Crippen molar-refractivity contribution in [3.8, 4) is 0 Å². The summed E-state index contributed by atoms with van der Waals surface area (Å²) in [6.07, 6.45) is 0. The highest BCUT2D eigenvalue weighted by molar-refractivity contribution is 7.89. The molecule has 0 saturated carbocycles. The molecule has 1 aliphatic rings. The molecule has 0 amide bonds. The number of nitrogens with zero attached hydrogens (tertiary/aromatic N) is 1. The van der Waals surface area contributed by atoms with E-state index < -0.39 is 10.0 Å². The van der Waals surface area contributed by atoms with Crippen molar-refractivity contribution in [1.82, 2.24) is 4.31 Å². The maximum Gasteiger partial charge on any atom is 0.243 e. The van der Waals surface area contributed by atoms with Crippen LogP contribution in [0.2, 0.25) is 0 Å². The molecule has 2 aromatic rings. The molecule has 1 aliphatic heterocycles. The van der Waals surface area contributed by atoms with E-state index in [2.05, 4.69) is 0 Å². The van der Waals surface area contributed by atoms with Crippen molar-refractivity contribution in [3.05, 3.63) is 65.7 Å². The molecule has 3 rings (SSSR count).